The molecule has 3 heterocycles. The molecule has 2 aromatic rings. The van der Waals surface area contributed by atoms with E-state index < -0.39 is 0 Å². The lowest BCUT2D eigenvalue weighted by molar-refractivity contribution is 0.0705. The molecule has 0 bridgehead atoms. The highest BCUT2D eigenvalue weighted by Crippen LogP contribution is 2.27. The van der Waals surface area contributed by atoms with Gasteiger partial charge in [0.1, 0.15) is 12.2 Å². The van der Waals surface area contributed by atoms with E-state index >= 15 is 0 Å². The minimum Gasteiger partial charge on any atom is -0.337 e. The molecule has 0 aliphatic carbocycles. The summed E-state index contributed by atoms with van der Waals surface area (Å²) in [6.45, 7) is 3.14. The number of carbonyl (C=O) groups is 1. The van der Waals surface area contributed by atoms with E-state index in [1.165, 1.54) is 6.33 Å². The third kappa shape index (κ3) is 2.29. The smallest absolute Gasteiger partial charge is 0.275 e. The number of halogens is 1. The Morgan fingerprint density at radius 3 is 2.70 bits per heavy atom. The lowest BCUT2D eigenvalue weighted by Gasteiger charge is -2.30. The fraction of sp³-hybridized carbons (Fsp3) is 0.500. The number of aryl methyl sites for hydroxylation is 1. The zero-order valence-electron chi connectivity index (χ0n) is 11.1. The number of piperidine rings is 1. The van der Waals surface area contributed by atoms with Gasteiger partial charge in [-0.1, -0.05) is 11.6 Å². The van der Waals surface area contributed by atoms with Gasteiger partial charge >= 0.3 is 0 Å². The SMILES string of the molecule is Cc1[nH]nc(C(=O)N2CCC(c3ncn[nH]3)CC2)c1Cl. The van der Waals surface area contributed by atoms with Gasteiger partial charge < -0.3 is 4.90 Å². The van der Waals surface area contributed by atoms with Crippen molar-refractivity contribution in [2.45, 2.75) is 25.7 Å². The highest BCUT2D eigenvalue weighted by molar-refractivity contribution is 6.34. The molecule has 2 N–H and O–H groups in total. The number of H-pyrrole nitrogens is 2. The standard InChI is InChI=1S/C12H15ClN6O/c1-7-9(13)10(17-16-7)12(20)19-4-2-8(3-5-19)11-14-6-15-18-11/h6,8H,2-5H2,1H3,(H,16,17)(H,14,15,18). The van der Waals surface area contributed by atoms with Crippen molar-refractivity contribution in [2.75, 3.05) is 13.1 Å². The molecular formula is C12H15ClN6O. The molecule has 2 aromatic heterocycles. The molecule has 1 fully saturated rings. The first-order chi connectivity index (χ1) is 9.66. The summed E-state index contributed by atoms with van der Waals surface area (Å²) in [5.74, 6) is 1.11. The van der Waals surface area contributed by atoms with Crippen molar-refractivity contribution in [3.05, 3.63) is 28.6 Å². The number of hydrogen-bond acceptors (Lipinski definition) is 4. The zero-order chi connectivity index (χ0) is 14.1. The van der Waals surface area contributed by atoms with E-state index in [0.29, 0.717) is 35.4 Å². The molecule has 1 aliphatic heterocycles. The van der Waals surface area contributed by atoms with Crippen molar-refractivity contribution in [1.29, 1.82) is 0 Å². The molecule has 3 rings (SSSR count). The van der Waals surface area contributed by atoms with Crippen LogP contribution in [-0.2, 0) is 0 Å². The van der Waals surface area contributed by atoms with Crippen LogP contribution in [0.4, 0.5) is 0 Å². The molecule has 0 radical (unpaired) electrons. The molecule has 0 spiro atoms. The van der Waals surface area contributed by atoms with E-state index in [9.17, 15) is 4.79 Å². The van der Waals surface area contributed by atoms with Crippen molar-refractivity contribution in [3.63, 3.8) is 0 Å². The quantitative estimate of drug-likeness (QED) is 0.878. The van der Waals surface area contributed by atoms with Crippen LogP contribution in [0.3, 0.4) is 0 Å². The summed E-state index contributed by atoms with van der Waals surface area (Å²) in [5.41, 5.74) is 1.02. The Hall–Kier alpha value is -1.89. The third-order valence-electron chi connectivity index (χ3n) is 3.68. The maximum absolute atomic E-state index is 12.4. The van der Waals surface area contributed by atoms with Gasteiger partial charge in [0.15, 0.2) is 5.69 Å². The Morgan fingerprint density at radius 1 is 1.40 bits per heavy atom. The average molecular weight is 295 g/mol. The van der Waals surface area contributed by atoms with E-state index in [1.54, 1.807) is 11.8 Å². The van der Waals surface area contributed by atoms with Crippen molar-refractivity contribution in [1.82, 2.24) is 30.3 Å². The fourth-order valence-corrected chi connectivity index (χ4v) is 2.64. The van der Waals surface area contributed by atoms with E-state index in [2.05, 4.69) is 25.4 Å². The number of likely N-dealkylation sites (tertiary alicyclic amines) is 1. The number of aromatic amines is 2. The highest BCUT2D eigenvalue weighted by atomic mass is 35.5. The van der Waals surface area contributed by atoms with Crippen LogP contribution < -0.4 is 0 Å². The normalized spacial score (nSPS) is 16.6. The summed E-state index contributed by atoms with van der Waals surface area (Å²) in [6.07, 6.45) is 3.24. The number of amides is 1. The molecule has 0 atom stereocenters. The summed E-state index contributed by atoms with van der Waals surface area (Å²) in [4.78, 5) is 18.3. The average Bonchev–Trinajstić information content (AvgIpc) is 3.10. The predicted octanol–water partition coefficient (Wildman–Crippen LogP) is 1.51. The second-order valence-corrected chi connectivity index (χ2v) is 5.33. The Kier molecular flexibility index (Phi) is 3.43. The molecule has 0 unspecified atom stereocenters. The first-order valence-electron chi connectivity index (χ1n) is 6.52. The molecule has 1 saturated heterocycles. The number of hydrogen-bond donors (Lipinski definition) is 2. The summed E-state index contributed by atoms with van der Waals surface area (Å²) < 4.78 is 0. The monoisotopic (exact) mass is 294 g/mol. The lowest BCUT2D eigenvalue weighted by Crippen LogP contribution is -2.38. The van der Waals surface area contributed by atoms with Gasteiger partial charge in [0.05, 0.1) is 10.7 Å². The van der Waals surface area contributed by atoms with Gasteiger partial charge in [-0.3, -0.25) is 15.0 Å². The number of aromatic nitrogens is 5. The van der Waals surface area contributed by atoms with Crippen LogP contribution in [0.1, 0.15) is 40.8 Å². The second-order valence-electron chi connectivity index (χ2n) is 4.95. The third-order valence-corrected chi connectivity index (χ3v) is 4.14. The van der Waals surface area contributed by atoms with Crippen LogP contribution in [0, 0.1) is 6.92 Å². The van der Waals surface area contributed by atoms with Crippen LogP contribution in [0.5, 0.6) is 0 Å². The van der Waals surface area contributed by atoms with Gasteiger partial charge in [-0.25, -0.2) is 4.98 Å². The van der Waals surface area contributed by atoms with E-state index in [1.807, 2.05) is 0 Å². The molecule has 106 valence electrons. The molecule has 20 heavy (non-hydrogen) atoms. The summed E-state index contributed by atoms with van der Waals surface area (Å²) >= 11 is 6.07. The Morgan fingerprint density at radius 2 is 2.15 bits per heavy atom. The lowest BCUT2D eigenvalue weighted by atomic mass is 9.96. The van der Waals surface area contributed by atoms with Gasteiger partial charge in [-0.05, 0) is 19.8 Å². The highest BCUT2D eigenvalue weighted by Gasteiger charge is 2.28. The Balaban J connectivity index is 1.66. The summed E-state index contributed by atoms with van der Waals surface area (Å²) in [7, 11) is 0. The molecule has 0 aromatic carbocycles. The zero-order valence-corrected chi connectivity index (χ0v) is 11.8. The van der Waals surface area contributed by atoms with E-state index in [-0.39, 0.29) is 5.91 Å². The molecule has 0 saturated carbocycles. The van der Waals surface area contributed by atoms with Gasteiger partial charge in [-0.2, -0.15) is 10.2 Å². The maximum atomic E-state index is 12.4. The molecule has 1 amide bonds. The van der Waals surface area contributed by atoms with Gasteiger partial charge in [0, 0.05) is 19.0 Å². The van der Waals surface area contributed by atoms with Crippen molar-refractivity contribution >= 4 is 17.5 Å². The van der Waals surface area contributed by atoms with Crippen LogP contribution in [0.2, 0.25) is 5.02 Å². The molecular weight excluding hydrogens is 280 g/mol. The summed E-state index contributed by atoms with van der Waals surface area (Å²) in [5, 5.41) is 13.9. The Bertz CT molecular complexity index is 600. The maximum Gasteiger partial charge on any atom is 0.275 e. The van der Waals surface area contributed by atoms with Gasteiger partial charge in [0.2, 0.25) is 0 Å². The largest absolute Gasteiger partial charge is 0.337 e. The van der Waals surface area contributed by atoms with E-state index in [4.69, 9.17) is 11.6 Å². The minimum atomic E-state index is -0.115. The molecule has 1 aliphatic rings. The number of nitrogens with zero attached hydrogens (tertiary/aromatic N) is 4. The number of carbonyl (C=O) groups excluding carboxylic acids is 1. The number of nitrogens with one attached hydrogen (secondary N) is 2. The van der Waals surface area contributed by atoms with Crippen LogP contribution in [0.25, 0.3) is 0 Å². The fourth-order valence-electron chi connectivity index (χ4n) is 2.47. The molecule has 8 heteroatoms. The summed E-state index contributed by atoms with van der Waals surface area (Å²) in [6, 6.07) is 0. The van der Waals surface area contributed by atoms with Gasteiger partial charge in [-0.15, -0.1) is 0 Å². The van der Waals surface area contributed by atoms with Crippen molar-refractivity contribution in [2.24, 2.45) is 0 Å². The number of rotatable bonds is 2. The Labute approximate surface area is 120 Å². The molecule has 7 nitrogen and oxygen atoms in total. The van der Waals surface area contributed by atoms with Crippen molar-refractivity contribution < 1.29 is 4.79 Å². The van der Waals surface area contributed by atoms with Gasteiger partial charge in [0.25, 0.3) is 5.91 Å². The van der Waals surface area contributed by atoms with E-state index in [0.717, 1.165) is 18.7 Å². The topological polar surface area (TPSA) is 90.6 Å². The van der Waals surface area contributed by atoms with Crippen molar-refractivity contribution in [3.8, 4) is 0 Å². The first-order valence-corrected chi connectivity index (χ1v) is 6.89. The van der Waals surface area contributed by atoms with Crippen LogP contribution in [-0.4, -0.2) is 49.3 Å². The predicted molar refractivity (Wildman–Crippen MR) is 72.6 cm³/mol. The van der Waals surface area contributed by atoms with Crippen LogP contribution >= 0.6 is 11.6 Å². The first kappa shape index (κ1) is 13.1. The second kappa shape index (κ2) is 5.24. The van der Waals surface area contributed by atoms with Crippen LogP contribution in [0.15, 0.2) is 6.33 Å². The minimum absolute atomic E-state index is 0.115.